The average Bonchev–Trinajstić information content (AvgIpc) is 3.27. The van der Waals surface area contributed by atoms with E-state index >= 15 is 0 Å². The Morgan fingerprint density at radius 3 is 2.75 bits per heavy atom. The molecule has 1 aliphatic carbocycles. The van der Waals surface area contributed by atoms with Crippen LogP contribution < -0.4 is 5.73 Å². The molecule has 0 bridgehead atoms. The SMILES string of the molecule is NC(CCC(=O)O)C(=O)N(Cc1ccccn1)C1CC1. The van der Waals surface area contributed by atoms with Gasteiger partial charge in [0.2, 0.25) is 5.91 Å². The maximum atomic E-state index is 12.3. The van der Waals surface area contributed by atoms with Gasteiger partial charge in [0, 0.05) is 18.7 Å². The lowest BCUT2D eigenvalue weighted by atomic mass is 10.1. The van der Waals surface area contributed by atoms with Crippen LogP contribution >= 0.6 is 0 Å². The van der Waals surface area contributed by atoms with Gasteiger partial charge in [0.25, 0.3) is 0 Å². The Balaban J connectivity index is 1.97. The summed E-state index contributed by atoms with van der Waals surface area (Å²) in [5.41, 5.74) is 6.63. The Morgan fingerprint density at radius 2 is 2.20 bits per heavy atom. The molecular weight excluding hydrogens is 258 g/mol. The first-order chi connectivity index (χ1) is 9.58. The lowest BCUT2D eigenvalue weighted by Gasteiger charge is -2.25. The van der Waals surface area contributed by atoms with Gasteiger partial charge in [-0.25, -0.2) is 0 Å². The number of rotatable bonds is 7. The molecule has 0 radical (unpaired) electrons. The van der Waals surface area contributed by atoms with Crippen LogP contribution in [0.1, 0.15) is 31.4 Å². The molecule has 20 heavy (non-hydrogen) atoms. The molecule has 108 valence electrons. The molecule has 6 heteroatoms. The van der Waals surface area contributed by atoms with Crippen LogP contribution in [0.4, 0.5) is 0 Å². The molecule has 1 fully saturated rings. The summed E-state index contributed by atoms with van der Waals surface area (Å²) < 4.78 is 0. The molecule has 0 saturated heterocycles. The molecule has 1 aromatic rings. The van der Waals surface area contributed by atoms with Crippen LogP contribution in [0.15, 0.2) is 24.4 Å². The van der Waals surface area contributed by atoms with Gasteiger partial charge in [-0.1, -0.05) is 6.07 Å². The van der Waals surface area contributed by atoms with Crippen LogP contribution in [-0.4, -0.2) is 39.0 Å². The second kappa shape index (κ2) is 6.47. The van der Waals surface area contributed by atoms with Gasteiger partial charge >= 0.3 is 5.97 Å². The van der Waals surface area contributed by atoms with E-state index in [4.69, 9.17) is 10.8 Å². The number of carbonyl (C=O) groups excluding carboxylic acids is 1. The third-order valence-electron chi connectivity index (χ3n) is 3.32. The van der Waals surface area contributed by atoms with Gasteiger partial charge in [-0.15, -0.1) is 0 Å². The number of nitrogens with zero attached hydrogens (tertiary/aromatic N) is 2. The fourth-order valence-corrected chi connectivity index (χ4v) is 2.05. The molecular formula is C14H19N3O3. The standard InChI is InChI=1S/C14H19N3O3/c15-12(6-7-13(18)19)14(20)17(11-4-5-11)9-10-3-1-2-8-16-10/h1-3,8,11-12H,4-7,9,15H2,(H,18,19). The monoisotopic (exact) mass is 277 g/mol. The van der Waals surface area contributed by atoms with E-state index in [1.54, 1.807) is 11.1 Å². The van der Waals surface area contributed by atoms with Gasteiger partial charge in [-0.2, -0.15) is 0 Å². The van der Waals surface area contributed by atoms with E-state index < -0.39 is 12.0 Å². The number of carboxylic acid groups (broad SMARTS) is 1. The lowest BCUT2D eigenvalue weighted by molar-refractivity contribution is -0.138. The molecule has 0 aliphatic heterocycles. The van der Waals surface area contributed by atoms with Crippen molar-refractivity contribution < 1.29 is 14.7 Å². The summed E-state index contributed by atoms with van der Waals surface area (Å²) in [4.78, 5) is 28.8. The first-order valence-electron chi connectivity index (χ1n) is 6.75. The Labute approximate surface area is 117 Å². The highest BCUT2D eigenvalue weighted by atomic mass is 16.4. The zero-order valence-electron chi connectivity index (χ0n) is 11.2. The van der Waals surface area contributed by atoms with Crippen LogP contribution in [-0.2, 0) is 16.1 Å². The van der Waals surface area contributed by atoms with Crippen molar-refractivity contribution in [3.8, 4) is 0 Å². The minimum atomic E-state index is -0.934. The molecule has 1 saturated carbocycles. The number of hydrogen-bond acceptors (Lipinski definition) is 4. The van der Waals surface area contributed by atoms with Crippen LogP contribution in [0, 0.1) is 0 Å². The van der Waals surface area contributed by atoms with Crippen molar-refractivity contribution >= 4 is 11.9 Å². The van der Waals surface area contributed by atoms with Gasteiger partial charge < -0.3 is 15.7 Å². The fraction of sp³-hybridized carbons (Fsp3) is 0.500. The number of hydrogen-bond donors (Lipinski definition) is 2. The zero-order valence-corrected chi connectivity index (χ0v) is 11.2. The van der Waals surface area contributed by atoms with Crippen LogP contribution in [0.2, 0.25) is 0 Å². The van der Waals surface area contributed by atoms with E-state index in [1.165, 1.54) is 0 Å². The number of amides is 1. The van der Waals surface area contributed by atoms with Crippen molar-refractivity contribution in [3.63, 3.8) is 0 Å². The summed E-state index contributed by atoms with van der Waals surface area (Å²) >= 11 is 0. The number of carbonyl (C=O) groups is 2. The van der Waals surface area contributed by atoms with Gasteiger partial charge in [-0.3, -0.25) is 14.6 Å². The van der Waals surface area contributed by atoms with E-state index in [0.717, 1.165) is 18.5 Å². The molecule has 1 heterocycles. The average molecular weight is 277 g/mol. The second-order valence-electron chi connectivity index (χ2n) is 5.06. The van der Waals surface area contributed by atoms with Crippen LogP contribution in [0.5, 0.6) is 0 Å². The Morgan fingerprint density at radius 1 is 1.45 bits per heavy atom. The lowest BCUT2D eigenvalue weighted by Crippen LogP contribution is -2.44. The third-order valence-corrected chi connectivity index (χ3v) is 3.32. The summed E-state index contributed by atoms with van der Waals surface area (Å²) in [7, 11) is 0. The predicted octanol–water partition coefficient (Wildman–Crippen LogP) is 0.765. The van der Waals surface area contributed by atoms with E-state index in [0.29, 0.717) is 6.54 Å². The molecule has 6 nitrogen and oxygen atoms in total. The van der Waals surface area contributed by atoms with Gasteiger partial charge in [0.05, 0.1) is 18.3 Å². The van der Waals surface area contributed by atoms with Crippen molar-refractivity contribution in [1.29, 1.82) is 0 Å². The summed E-state index contributed by atoms with van der Waals surface area (Å²) in [5.74, 6) is -1.12. The van der Waals surface area contributed by atoms with Crippen LogP contribution in [0.3, 0.4) is 0 Å². The second-order valence-corrected chi connectivity index (χ2v) is 5.06. The fourth-order valence-electron chi connectivity index (χ4n) is 2.05. The van der Waals surface area contributed by atoms with Gasteiger partial charge in [0.15, 0.2) is 0 Å². The van der Waals surface area contributed by atoms with Gasteiger partial charge in [-0.05, 0) is 31.4 Å². The number of aliphatic carboxylic acids is 1. The molecule has 3 N–H and O–H groups in total. The highest BCUT2D eigenvalue weighted by Crippen LogP contribution is 2.28. The summed E-state index contributed by atoms with van der Waals surface area (Å²) in [6, 6.07) is 5.04. The molecule has 1 atom stereocenters. The predicted molar refractivity (Wildman–Crippen MR) is 72.7 cm³/mol. The highest BCUT2D eigenvalue weighted by Gasteiger charge is 2.34. The van der Waals surface area contributed by atoms with Gasteiger partial charge in [0.1, 0.15) is 0 Å². The molecule has 1 aromatic heterocycles. The maximum Gasteiger partial charge on any atom is 0.303 e. The third kappa shape index (κ3) is 4.03. The molecule has 0 aromatic carbocycles. The number of aromatic nitrogens is 1. The van der Waals surface area contributed by atoms with E-state index in [9.17, 15) is 9.59 Å². The largest absolute Gasteiger partial charge is 0.481 e. The summed E-state index contributed by atoms with van der Waals surface area (Å²) in [6.45, 7) is 0.436. The normalized spacial score (nSPS) is 15.7. The number of carboxylic acids is 1. The van der Waals surface area contributed by atoms with Crippen molar-refractivity contribution in [1.82, 2.24) is 9.88 Å². The molecule has 1 amide bonds. The van der Waals surface area contributed by atoms with Crippen molar-refractivity contribution in [2.45, 2.75) is 44.3 Å². The Bertz CT molecular complexity index is 474. The molecule has 1 unspecified atom stereocenters. The first-order valence-corrected chi connectivity index (χ1v) is 6.75. The summed E-state index contributed by atoms with van der Waals surface area (Å²) in [6.07, 6.45) is 3.72. The minimum Gasteiger partial charge on any atom is -0.481 e. The zero-order chi connectivity index (χ0) is 14.5. The van der Waals surface area contributed by atoms with Crippen LogP contribution in [0.25, 0.3) is 0 Å². The molecule has 0 spiro atoms. The minimum absolute atomic E-state index is 0.0883. The van der Waals surface area contributed by atoms with E-state index in [2.05, 4.69) is 4.98 Å². The highest BCUT2D eigenvalue weighted by molar-refractivity contribution is 5.82. The van der Waals surface area contributed by atoms with Crippen molar-refractivity contribution in [2.24, 2.45) is 5.73 Å². The number of pyridine rings is 1. The van der Waals surface area contributed by atoms with E-state index in [1.807, 2.05) is 18.2 Å². The summed E-state index contributed by atoms with van der Waals surface area (Å²) in [5, 5.41) is 8.65. The topological polar surface area (TPSA) is 96.5 Å². The molecule has 1 aliphatic rings. The maximum absolute atomic E-state index is 12.3. The quantitative estimate of drug-likeness (QED) is 0.767. The van der Waals surface area contributed by atoms with E-state index in [-0.39, 0.29) is 24.8 Å². The Hall–Kier alpha value is -1.95. The smallest absolute Gasteiger partial charge is 0.303 e. The Kier molecular flexibility index (Phi) is 4.68. The van der Waals surface area contributed by atoms with Crippen molar-refractivity contribution in [2.75, 3.05) is 0 Å². The molecule has 2 rings (SSSR count). The van der Waals surface area contributed by atoms with Crippen molar-refractivity contribution in [3.05, 3.63) is 30.1 Å². The number of nitrogens with two attached hydrogens (primary N) is 1. The first kappa shape index (κ1) is 14.5.